The molecule has 0 aliphatic rings. The van der Waals surface area contributed by atoms with Gasteiger partial charge < -0.3 is 5.32 Å². The maximum atomic E-state index is 11.1. The molecule has 0 aromatic rings. The van der Waals surface area contributed by atoms with E-state index >= 15 is 0 Å². The molecule has 0 aromatic carbocycles. The molecule has 0 bridgehead atoms. The fourth-order valence-corrected chi connectivity index (χ4v) is 0.850. The first kappa shape index (κ1) is 11.4. The number of carbonyl (C=O) groups is 1. The van der Waals surface area contributed by atoms with Gasteiger partial charge >= 0.3 is 0 Å². The Labute approximate surface area is 75.0 Å². The molecule has 2 nitrogen and oxygen atoms in total. The lowest BCUT2D eigenvalue weighted by Gasteiger charge is -2.05. The number of unbranched alkanes of at least 4 members (excludes halogenated alkanes) is 1. The molecule has 0 fully saturated rings. The van der Waals surface area contributed by atoms with Crippen molar-refractivity contribution in [3.05, 3.63) is 12.7 Å². The van der Waals surface area contributed by atoms with Gasteiger partial charge in [0.1, 0.15) is 5.78 Å². The largest absolute Gasteiger partial charge is 0.308 e. The highest BCUT2D eigenvalue weighted by Gasteiger charge is 2.00. The number of rotatable bonds is 7. The molecule has 0 aliphatic carbocycles. The molecule has 0 heterocycles. The summed E-state index contributed by atoms with van der Waals surface area (Å²) >= 11 is 0. The summed E-state index contributed by atoms with van der Waals surface area (Å²) in [4.78, 5) is 11.1. The third kappa shape index (κ3) is 7.48. The average molecular weight is 169 g/mol. The minimum atomic E-state index is 0.297. The van der Waals surface area contributed by atoms with Crippen molar-refractivity contribution in [2.45, 2.75) is 39.2 Å². The van der Waals surface area contributed by atoms with Gasteiger partial charge in [-0.3, -0.25) is 4.79 Å². The zero-order valence-corrected chi connectivity index (χ0v) is 8.10. The van der Waals surface area contributed by atoms with E-state index in [-0.39, 0.29) is 0 Å². The van der Waals surface area contributed by atoms with Crippen molar-refractivity contribution >= 4 is 5.78 Å². The molecule has 0 aromatic heterocycles. The summed E-state index contributed by atoms with van der Waals surface area (Å²) in [5.41, 5.74) is 0. The predicted molar refractivity (Wildman–Crippen MR) is 52.2 cm³/mol. The molecule has 0 radical (unpaired) electrons. The van der Waals surface area contributed by atoms with Crippen LogP contribution < -0.4 is 5.32 Å². The average Bonchev–Trinajstić information content (AvgIpc) is 2.01. The lowest BCUT2D eigenvalue weighted by molar-refractivity contribution is -0.118. The standard InChI is InChI=1S/C10H19NO/c1-4-5-6-7-10(12)8-11-9(2)3/h4,9,11H,1,5-8H2,2-3H3. The van der Waals surface area contributed by atoms with E-state index in [0.29, 0.717) is 24.8 Å². The van der Waals surface area contributed by atoms with Gasteiger partial charge in [-0.15, -0.1) is 6.58 Å². The van der Waals surface area contributed by atoms with Crippen LogP contribution in [0.15, 0.2) is 12.7 Å². The van der Waals surface area contributed by atoms with E-state index in [9.17, 15) is 4.79 Å². The molecule has 70 valence electrons. The van der Waals surface area contributed by atoms with Gasteiger partial charge in [-0.05, 0) is 12.8 Å². The summed E-state index contributed by atoms with van der Waals surface area (Å²) < 4.78 is 0. The first-order chi connectivity index (χ1) is 5.66. The van der Waals surface area contributed by atoms with E-state index in [1.807, 2.05) is 19.9 Å². The molecule has 2 heteroatoms. The Morgan fingerprint density at radius 2 is 2.25 bits per heavy atom. The summed E-state index contributed by atoms with van der Waals surface area (Å²) in [6, 6.07) is 0.397. The minimum Gasteiger partial charge on any atom is -0.308 e. The highest BCUT2D eigenvalue weighted by Crippen LogP contribution is 1.96. The molecular weight excluding hydrogens is 150 g/mol. The molecule has 0 rings (SSSR count). The second-order valence-electron chi connectivity index (χ2n) is 3.26. The number of ketones is 1. The quantitative estimate of drug-likeness (QED) is 0.466. The Kier molecular flexibility index (Phi) is 6.67. The zero-order chi connectivity index (χ0) is 9.40. The van der Waals surface area contributed by atoms with Crippen molar-refractivity contribution < 1.29 is 4.79 Å². The first-order valence-corrected chi connectivity index (χ1v) is 4.52. The second kappa shape index (κ2) is 7.04. The van der Waals surface area contributed by atoms with Crippen molar-refractivity contribution in [3.63, 3.8) is 0 Å². The molecule has 0 atom stereocenters. The highest BCUT2D eigenvalue weighted by atomic mass is 16.1. The molecular formula is C10H19NO. The van der Waals surface area contributed by atoms with Gasteiger partial charge in [0.25, 0.3) is 0 Å². The van der Waals surface area contributed by atoms with E-state index < -0.39 is 0 Å². The Balaban J connectivity index is 3.27. The van der Waals surface area contributed by atoms with Gasteiger partial charge in [-0.25, -0.2) is 0 Å². The molecule has 12 heavy (non-hydrogen) atoms. The number of Topliss-reactive ketones (excluding diaryl/α,β-unsaturated/α-hetero) is 1. The van der Waals surface area contributed by atoms with Gasteiger partial charge in [0.15, 0.2) is 0 Å². The molecule has 0 saturated carbocycles. The van der Waals surface area contributed by atoms with E-state index in [2.05, 4.69) is 11.9 Å². The maximum absolute atomic E-state index is 11.1. The summed E-state index contributed by atoms with van der Waals surface area (Å²) in [5, 5.41) is 3.10. The number of hydrogen-bond acceptors (Lipinski definition) is 2. The first-order valence-electron chi connectivity index (χ1n) is 4.52. The maximum Gasteiger partial charge on any atom is 0.146 e. The minimum absolute atomic E-state index is 0.297. The van der Waals surface area contributed by atoms with Crippen LogP contribution in [-0.4, -0.2) is 18.4 Å². The van der Waals surface area contributed by atoms with Gasteiger partial charge in [-0.2, -0.15) is 0 Å². The second-order valence-corrected chi connectivity index (χ2v) is 3.26. The van der Waals surface area contributed by atoms with E-state index in [1.54, 1.807) is 0 Å². The van der Waals surface area contributed by atoms with Crippen LogP contribution in [0.4, 0.5) is 0 Å². The third-order valence-corrected chi connectivity index (χ3v) is 1.57. The summed E-state index contributed by atoms with van der Waals surface area (Å²) in [5.74, 6) is 0.297. The van der Waals surface area contributed by atoms with Crippen LogP contribution in [-0.2, 0) is 4.79 Å². The third-order valence-electron chi connectivity index (χ3n) is 1.57. The highest BCUT2D eigenvalue weighted by molar-refractivity contribution is 5.80. The molecule has 0 unspecified atom stereocenters. The fourth-order valence-electron chi connectivity index (χ4n) is 0.850. The van der Waals surface area contributed by atoms with Gasteiger partial charge in [0, 0.05) is 12.5 Å². The summed E-state index contributed by atoms with van der Waals surface area (Å²) in [6.45, 7) is 8.19. The van der Waals surface area contributed by atoms with E-state index in [4.69, 9.17) is 0 Å². The molecule has 1 N–H and O–H groups in total. The summed E-state index contributed by atoms with van der Waals surface area (Å²) in [6.07, 6.45) is 4.39. The predicted octanol–water partition coefficient (Wildman–Crippen LogP) is 1.91. The SMILES string of the molecule is C=CCCCC(=O)CNC(C)C. The lowest BCUT2D eigenvalue weighted by Crippen LogP contribution is -2.28. The van der Waals surface area contributed by atoms with Crippen LogP contribution in [0, 0.1) is 0 Å². The van der Waals surface area contributed by atoms with E-state index in [1.165, 1.54) is 0 Å². The number of nitrogens with one attached hydrogen (secondary N) is 1. The Bertz CT molecular complexity index is 141. The van der Waals surface area contributed by atoms with E-state index in [0.717, 1.165) is 12.8 Å². The Morgan fingerprint density at radius 1 is 1.58 bits per heavy atom. The van der Waals surface area contributed by atoms with Crippen LogP contribution in [0.2, 0.25) is 0 Å². The molecule has 0 aliphatic heterocycles. The number of carbonyl (C=O) groups excluding carboxylic acids is 1. The van der Waals surface area contributed by atoms with Crippen LogP contribution in [0.3, 0.4) is 0 Å². The van der Waals surface area contributed by atoms with Crippen molar-refractivity contribution in [1.82, 2.24) is 5.32 Å². The smallest absolute Gasteiger partial charge is 0.146 e. The van der Waals surface area contributed by atoms with Crippen LogP contribution in [0.1, 0.15) is 33.1 Å². The topological polar surface area (TPSA) is 29.1 Å². The van der Waals surface area contributed by atoms with Crippen molar-refractivity contribution in [2.75, 3.05) is 6.54 Å². The van der Waals surface area contributed by atoms with Crippen LogP contribution >= 0.6 is 0 Å². The van der Waals surface area contributed by atoms with Crippen molar-refractivity contribution in [1.29, 1.82) is 0 Å². The normalized spacial score (nSPS) is 10.2. The van der Waals surface area contributed by atoms with Crippen molar-refractivity contribution in [2.24, 2.45) is 0 Å². The van der Waals surface area contributed by atoms with Gasteiger partial charge in [0.05, 0.1) is 6.54 Å². The molecule has 0 spiro atoms. The van der Waals surface area contributed by atoms with Crippen molar-refractivity contribution in [3.8, 4) is 0 Å². The molecule has 0 amide bonds. The fraction of sp³-hybridized carbons (Fsp3) is 0.700. The Morgan fingerprint density at radius 3 is 2.75 bits per heavy atom. The number of allylic oxidation sites excluding steroid dienone is 1. The summed E-state index contributed by atoms with van der Waals surface area (Å²) in [7, 11) is 0. The zero-order valence-electron chi connectivity index (χ0n) is 8.10. The van der Waals surface area contributed by atoms with Gasteiger partial charge in [0.2, 0.25) is 0 Å². The lowest BCUT2D eigenvalue weighted by atomic mass is 10.2. The monoisotopic (exact) mass is 169 g/mol. The molecule has 0 saturated heterocycles. The van der Waals surface area contributed by atoms with Crippen LogP contribution in [0.25, 0.3) is 0 Å². The van der Waals surface area contributed by atoms with Crippen LogP contribution in [0.5, 0.6) is 0 Å². The Hall–Kier alpha value is -0.630. The van der Waals surface area contributed by atoms with Gasteiger partial charge in [-0.1, -0.05) is 19.9 Å². The number of hydrogen-bond donors (Lipinski definition) is 1.